The second kappa shape index (κ2) is 3.02. The normalized spacial score (nSPS) is 44.0. The Morgan fingerprint density at radius 2 is 1.92 bits per heavy atom. The van der Waals surface area contributed by atoms with Gasteiger partial charge in [-0.15, -0.1) is 0 Å². The van der Waals surface area contributed by atoms with Crippen LogP contribution in [0.25, 0.3) is 0 Å². The van der Waals surface area contributed by atoms with Crippen LogP contribution in [-0.2, 0) is 0 Å². The molecule has 0 aromatic rings. The van der Waals surface area contributed by atoms with Crippen molar-refractivity contribution in [2.24, 2.45) is 17.3 Å². The largest absolute Gasteiger partial charge is 0.316 e. The fourth-order valence-electron chi connectivity index (χ4n) is 3.10. The minimum absolute atomic E-state index is 0.622. The van der Waals surface area contributed by atoms with Crippen molar-refractivity contribution in [3.05, 3.63) is 0 Å². The molecule has 0 amide bonds. The molecule has 2 atom stereocenters. The van der Waals surface area contributed by atoms with E-state index in [2.05, 4.69) is 19.2 Å². The highest BCUT2D eigenvalue weighted by atomic mass is 14.9. The molecule has 0 bridgehead atoms. The molecule has 1 saturated carbocycles. The standard InChI is InChI=1S/C11H21N/c1-9-7-12-8-11(9,2)10-5-3-4-6-10/h9-10,12H,3-8H2,1-2H3. The first-order valence-corrected chi connectivity index (χ1v) is 5.44. The molecule has 2 rings (SSSR count). The lowest BCUT2D eigenvalue weighted by atomic mass is 9.70. The summed E-state index contributed by atoms with van der Waals surface area (Å²) in [6, 6.07) is 0. The van der Waals surface area contributed by atoms with Crippen molar-refractivity contribution in [1.82, 2.24) is 5.32 Å². The quantitative estimate of drug-likeness (QED) is 0.632. The summed E-state index contributed by atoms with van der Waals surface area (Å²) in [5.41, 5.74) is 0.622. The Bertz CT molecular complexity index is 160. The lowest BCUT2D eigenvalue weighted by Gasteiger charge is -2.34. The summed E-state index contributed by atoms with van der Waals surface area (Å²) >= 11 is 0. The summed E-state index contributed by atoms with van der Waals surface area (Å²) < 4.78 is 0. The van der Waals surface area contributed by atoms with Gasteiger partial charge in [-0.1, -0.05) is 26.7 Å². The van der Waals surface area contributed by atoms with Gasteiger partial charge < -0.3 is 5.32 Å². The van der Waals surface area contributed by atoms with Gasteiger partial charge in [0.2, 0.25) is 0 Å². The maximum atomic E-state index is 3.54. The van der Waals surface area contributed by atoms with E-state index in [9.17, 15) is 0 Å². The third-order valence-corrected chi connectivity index (χ3v) is 4.37. The van der Waals surface area contributed by atoms with E-state index in [0.717, 1.165) is 11.8 Å². The number of rotatable bonds is 1. The molecule has 0 radical (unpaired) electrons. The zero-order valence-corrected chi connectivity index (χ0v) is 8.40. The minimum Gasteiger partial charge on any atom is -0.316 e. The first kappa shape index (κ1) is 8.55. The molecule has 2 unspecified atom stereocenters. The highest BCUT2D eigenvalue weighted by molar-refractivity contribution is 4.95. The zero-order chi connectivity index (χ0) is 8.60. The lowest BCUT2D eigenvalue weighted by molar-refractivity contribution is 0.158. The molecule has 70 valence electrons. The van der Waals surface area contributed by atoms with E-state index in [1.54, 1.807) is 0 Å². The van der Waals surface area contributed by atoms with Crippen LogP contribution in [0.5, 0.6) is 0 Å². The fourth-order valence-corrected chi connectivity index (χ4v) is 3.10. The summed E-state index contributed by atoms with van der Waals surface area (Å²) in [4.78, 5) is 0. The van der Waals surface area contributed by atoms with Crippen LogP contribution >= 0.6 is 0 Å². The van der Waals surface area contributed by atoms with E-state index in [4.69, 9.17) is 0 Å². The zero-order valence-electron chi connectivity index (χ0n) is 8.40. The molecule has 0 spiro atoms. The van der Waals surface area contributed by atoms with Crippen molar-refractivity contribution in [2.45, 2.75) is 39.5 Å². The maximum Gasteiger partial charge on any atom is 0.00110 e. The van der Waals surface area contributed by atoms with Gasteiger partial charge in [-0.05, 0) is 36.6 Å². The van der Waals surface area contributed by atoms with Crippen molar-refractivity contribution in [3.8, 4) is 0 Å². The Kier molecular flexibility index (Phi) is 2.16. The highest BCUT2D eigenvalue weighted by Crippen LogP contribution is 2.46. The second-order valence-electron chi connectivity index (χ2n) is 5.02. The Morgan fingerprint density at radius 3 is 2.42 bits per heavy atom. The van der Waals surface area contributed by atoms with Crippen LogP contribution in [0.1, 0.15) is 39.5 Å². The van der Waals surface area contributed by atoms with E-state index in [0.29, 0.717) is 5.41 Å². The molecular weight excluding hydrogens is 146 g/mol. The summed E-state index contributed by atoms with van der Waals surface area (Å²) in [7, 11) is 0. The van der Waals surface area contributed by atoms with Crippen molar-refractivity contribution in [1.29, 1.82) is 0 Å². The van der Waals surface area contributed by atoms with Gasteiger partial charge in [0.1, 0.15) is 0 Å². The fraction of sp³-hybridized carbons (Fsp3) is 1.00. The summed E-state index contributed by atoms with van der Waals surface area (Å²) in [5, 5.41) is 3.54. The van der Waals surface area contributed by atoms with E-state index in [1.165, 1.54) is 38.8 Å². The number of nitrogens with one attached hydrogen (secondary N) is 1. The first-order chi connectivity index (χ1) is 5.73. The van der Waals surface area contributed by atoms with Crippen LogP contribution in [0.2, 0.25) is 0 Å². The van der Waals surface area contributed by atoms with Crippen molar-refractivity contribution >= 4 is 0 Å². The van der Waals surface area contributed by atoms with Crippen LogP contribution in [0.3, 0.4) is 0 Å². The van der Waals surface area contributed by atoms with Crippen LogP contribution in [0, 0.1) is 17.3 Å². The number of hydrogen-bond acceptors (Lipinski definition) is 1. The first-order valence-electron chi connectivity index (χ1n) is 5.44. The molecule has 1 saturated heterocycles. The summed E-state index contributed by atoms with van der Waals surface area (Å²) in [6.07, 6.45) is 5.94. The van der Waals surface area contributed by atoms with Gasteiger partial charge in [-0.25, -0.2) is 0 Å². The SMILES string of the molecule is CC1CNCC1(C)C1CCCC1. The molecule has 1 aliphatic heterocycles. The number of hydrogen-bond donors (Lipinski definition) is 1. The third kappa shape index (κ3) is 1.19. The molecule has 12 heavy (non-hydrogen) atoms. The Hall–Kier alpha value is -0.0400. The van der Waals surface area contributed by atoms with Crippen LogP contribution in [-0.4, -0.2) is 13.1 Å². The molecule has 1 heteroatoms. The van der Waals surface area contributed by atoms with Crippen molar-refractivity contribution < 1.29 is 0 Å². The van der Waals surface area contributed by atoms with Crippen LogP contribution in [0.15, 0.2) is 0 Å². The molecule has 1 N–H and O–H groups in total. The molecular formula is C11H21N. The molecule has 0 aromatic heterocycles. The van der Waals surface area contributed by atoms with Gasteiger partial charge in [0.15, 0.2) is 0 Å². The van der Waals surface area contributed by atoms with Gasteiger partial charge in [0.25, 0.3) is 0 Å². The van der Waals surface area contributed by atoms with E-state index in [-0.39, 0.29) is 0 Å². The van der Waals surface area contributed by atoms with Crippen molar-refractivity contribution in [3.63, 3.8) is 0 Å². The highest BCUT2D eigenvalue weighted by Gasteiger charge is 2.42. The molecule has 0 aromatic carbocycles. The topological polar surface area (TPSA) is 12.0 Å². The molecule has 2 fully saturated rings. The molecule has 1 heterocycles. The van der Waals surface area contributed by atoms with E-state index < -0.39 is 0 Å². The van der Waals surface area contributed by atoms with E-state index >= 15 is 0 Å². The Balaban J connectivity index is 2.07. The monoisotopic (exact) mass is 167 g/mol. The van der Waals surface area contributed by atoms with Gasteiger partial charge in [-0.3, -0.25) is 0 Å². The Labute approximate surface area is 75.9 Å². The van der Waals surface area contributed by atoms with Gasteiger partial charge >= 0.3 is 0 Å². The van der Waals surface area contributed by atoms with Crippen LogP contribution in [0.4, 0.5) is 0 Å². The summed E-state index contributed by atoms with van der Waals surface area (Å²) in [6.45, 7) is 7.41. The third-order valence-electron chi connectivity index (χ3n) is 4.37. The molecule has 1 aliphatic carbocycles. The van der Waals surface area contributed by atoms with Gasteiger partial charge in [0.05, 0.1) is 0 Å². The van der Waals surface area contributed by atoms with Gasteiger partial charge in [-0.2, -0.15) is 0 Å². The predicted molar refractivity (Wildman–Crippen MR) is 52.1 cm³/mol. The average Bonchev–Trinajstić information content (AvgIpc) is 2.62. The van der Waals surface area contributed by atoms with Crippen LogP contribution < -0.4 is 5.32 Å². The molecule has 2 aliphatic rings. The smallest absolute Gasteiger partial charge is 0.00110 e. The summed E-state index contributed by atoms with van der Waals surface area (Å²) in [5.74, 6) is 1.91. The second-order valence-corrected chi connectivity index (χ2v) is 5.02. The minimum atomic E-state index is 0.622. The molecule has 1 nitrogen and oxygen atoms in total. The average molecular weight is 167 g/mol. The van der Waals surface area contributed by atoms with Gasteiger partial charge in [0, 0.05) is 6.54 Å². The van der Waals surface area contributed by atoms with E-state index in [1.807, 2.05) is 0 Å². The predicted octanol–water partition coefficient (Wildman–Crippen LogP) is 2.42. The van der Waals surface area contributed by atoms with Crippen molar-refractivity contribution in [2.75, 3.05) is 13.1 Å². The lowest BCUT2D eigenvalue weighted by Crippen LogP contribution is -2.32. The maximum absolute atomic E-state index is 3.54. The Morgan fingerprint density at radius 1 is 1.25 bits per heavy atom.